The Morgan fingerprint density at radius 1 is 1.67 bits per heavy atom. The van der Waals surface area contributed by atoms with E-state index in [4.69, 9.17) is 5.53 Å². The van der Waals surface area contributed by atoms with E-state index in [0.29, 0.717) is 5.01 Å². The zero-order valence-corrected chi connectivity index (χ0v) is 9.05. The van der Waals surface area contributed by atoms with Crippen LogP contribution < -0.4 is 0 Å². The lowest BCUT2D eigenvalue weighted by atomic mass is 10.1. The SMILES string of the molecule is Cc1cnc(C(O)C(O)CCN=[N+]=[N-])s1. The molecule has 82 valence electrons. The van der Waals surface area contributed by atoms with Crippen molar-refractivity contribution in [2.75, 3.05) is 6.54 Å². The third-order valence-corrected chi connectivity index (χ3v) is 2.83. The molecule has 2 N–H and O–H groups in total. The summed E-state index contributed by atoms with van der Waals surface area (Å²) in [6.07, 6.45) is -0.0774. The van der Waals surface area contributed by atoms with Crippen molar-refractivity contribution in [3.63, 3.8) is 0 Å². The Labute approximate surface area is 90.8 Å². The molecule has 2 atom stereocenters. The van der Waals surface area contributed by atoms with Crippen molar-refractivity contribution in [1.82, 2.24) is 4.98 Å². The first-order chi connectivity index (χ1) is 7.15. The van der Waals surface area contributed by atoms with Gasteiger partial charge in [0.05, 0.1) is 6.10 Å². The van der Waals surface area contributed by atoms with Gasteiger partial charge in [-0.2, -0.15) is 0 Å². The van der Waals surface area contributed by atoms with Gasteiger partial charge in [-0.15, -0.1) is 11.3 Å². The fraction of sp³-hybridized carbons (Fsp3) is 0.625. The summed E-state index contributed by atoms with van der Waals surface area (Å²) < 4.78 is 0. The van der Waals surface area contributed by atoms with Crippen molar-refractivity contribution in [2.45, 2.75) is 25.6 Å². The molecule has 0 amide bonds. The second-order valence-electron chi connectivity index (χ2n) is 3.06. The molecule has 6 nitrogen and oxygen atoms in total. The molecule has 0 saturated heterocycles. The molecule has 2 unspecified atom stereocenters. The summed E-state index contributed by atoms with van der Waals surface area (Å²) in [5, 5.41) is 23.0. The molecule has 7 heteroatoms. The smallest absolute Gasteiger partial charge is 0.131 e. The third-order valence-electron chi connectivity index (χ3n) is 1.84. The molecule has 0 aromatic carbocycles. The average molecular weight is 228 g/mol. The number of aryl methyl sites for hydroxylation is 1. The third kappa shape index (κ3) is 3.49. The molecule has 0 spiro atoms. The Morgan fingerprint density at radius 3 is 2.93 bits per heavy atom. The van der Waals surface area contributed by atoms with Crippen LogP contribution in [0.25, 0.3) is 10.4 Å². The number of aromatic nitrogens is 1. The molecule has 1 aromatic rings. The van der Waals surface area contributed by atoms with E-state index in [0.717, 1.165) is 4.88 Å². The van der Waals surface area contributed by atoms with Gasteiger partial charge >= 0.3 is 0 Å². The molecular weight excluding hydrogens is 216 g/mol. The molecular formula is C8H12N4O2S. The van der Waals surface area contributed by atoms with Crippen molar-refractivity contribution < 1.29 is 10.2 Å². The van der Waals surface area contributed by atoms with Crippen LogP contribution in [-0.4, -0.2) is 27.8 Å². The van der Waals surface area contributed by atoms with E-state index in [9.17, 15) is 10.2 Å². The van der Waals surface area contributed by atoms with E-state index in [1.54, 1.807) is 6.20 Å². The molecule has 0 saturated carbocycles. The first-order valence-electron chi connectivity index (χ1n) is 4.44. The highest BCUT2D eigenvalue weighted by Crippen LogP contribution is 2.23. The zero-order valence-electron chi connectivity index (χ0n) is 8.24. The summed E-state index contributed by atoms with van der Waals surface area (Å²) in [5.74, 6) is 0. The highest BCUT2D eigenvalue weighted by Gasteiger charge is 2.20. The number of aliphatic hydroxyl groups is 2. The van der Waals surface area contributed by atoms with Crippen molar-refractivity contribution in [3.05, 3.63) is 26.5 Å². The van der Waals surface area contributed by atoms with Crippen LogP contribution >= 0.6 is 11.3 Å². The van der Waals surface area contributed by atoms with Crippen molar-refractivity contribution in [3.8, 4) is 0 Å². The summed E-state index contributed by atoms with van der Waals surface area (Å²) in [4.78, 5) is 7.51. The van der Waals surface area contributed by atoms with Gasteiger partial charge in [0.2, 0.25) is 0 Å². The van der Waals surface area contributed by atoms with Gasteiger partial charge in [-0.05, 0) is 18.9 Å². The van der Waals surface area contributed by atoms with E-state index in [1.165, 1.54) is 11.3 Å². The lowest BCUT2D eigenvalue weighted by Crippen LogP contribution is -2.18. The van der Waals surface area contributed by atoms with E-state index < -0.39 is 12.2 Å². The Bertz CT molecular complexity index is 361. The summed E-state index contributed by atoms with van der Waals surface area (Å²) in [7, 11) is 0. The maximum Gasteiger partial charge on any atom is 0.131 e. The fourth-order valence-electron chi connectivity index (χ4n) is 1.07. The minimum atomic E-state index is -1.00. The summed E-state index contributed by atoms with van der Waals surface area (Å²) in [6, 6.07) is 0. The van der Waals surface area contributed by atoms with Gasteiger partial charge < -0.3 is 10.2 Å². The van der Waals surface area contributed by atoms with Crippen LogP contribution in [0.3, 0.4) is 0 Å². The number of hydrogen-bond acceptors (Lipinski definition) is 5. The van der Waals surface area contributed by atoms with Gasteiger partial charge in [0.1, 0.15) is 11.1 Å². The lowest BCUT2D eigenvalue weighted by Gasteiger charge is -2.13. The average Bonchev–Trinajstić information content (AvgIpc) is 2.64. The van der Waals surface area contributed by atoms with Gasteiger partial charge in [-0.25, -0.2) is 4.98 Å². The van der Waals surface area contributed by atoms with Crippen LogP contribution in [-0.2, 0) is 0 Å². The minimum Gasteiger partial charge on any atom is -0.390 e. The number of rotatable bonds is 5. The minimum absolute atomic E-state index is 0.166. The Morgan fingerprint density at radius 2 is 2.40 bits per heavy atom. The molecule has 15 heavy (non-hydrogen) atoms. The van der Waals surface area contributed by atoms with Crippen LogP contribution in [0.4, 0.5) is 0 Å². The van der Waals surface area contributed by atoms with Crippen LogP contribution in [0, 0.1) is 6.92 Å². The molecule has 0 radical (unpaired) electrons. The monoisotopic (exact) mass is 228 g/mol. The topological polar surface area (TPSA) is 102 Å². The number of aliphatic hydroxyl groups excluding tert-OH is 2. The van der Waals surface area contributed by atoms with Gasteiger partial charge in [0.15, 0.2) is 0 Å². The maximum atomic E-state index is 9.66. The maximum absolute atomic E-state index is 9.66. The predicted octanol–water partition coefficient (Wildman–Crippen LogP) is 1.55. The van der Waals surface area contributed by atoms with Gasteiger partial charge in [-0.3, -0.25) is 0 Å². The van der Waals surface area contributed by atoms with Gasteiger partial charge in [0, 0.05) is 22.5 Å². The zero-order chi connectivity index (χ0) is 11.3. The van der Waals surface area contributed by atoms with Crippen LogP contribution in [0.15, 0.2) is 11.3 Å². The van der Waals surface area contributed by atoms with Crippen molar-refractivity contribution >= 4 is 11.3 Å². The second-order valence-corrected chi connectivity index (χ2v) is 4.33. The number of thiazole rings is 1. The van der Waals surface area contributed by atoms with Gasteiger partial charge in [-0.1, -0.05) is 5.11 Å². The fourth-order valence-corrected chi connectivity index (χ4v) is 1.88. The normalized spacial score (nSPS) is 14.3. The van der Waals surface area contributed by atoms with Crippen molar-refractivity contribution in [1.29, 1.82) is 0 Å². The molecule has 0 aliphatic rings. The first kappa shape index (κ1) is 11.9. The Hall–Kier alpha value is -1.14. The molecule has 0 aliphatic heterocycles. The van der Waals surface area contributed by atoms with E-state index in [2.05, 4.69) is 15.0 Å². The molecule has 0 bridgehead atoms. The van der Waals surface area contributed by atoms with E-state index in [1.807, 2.05) is 6.92 Å². The van der Waals surface area contributed by atoms with Crippen LogP contribution in [0.5, 0.6) is 0 Å². The largest absolute Gasteiger partial charge is 0.390 e. The first-order valence-corrected chi connectivity index (χ1v) is 5.26. The number of azide groups is 1. The number of nitrogens with zero attached hydrogens (tertiary/aromatic N) is 4. The second kappa shape index (κ2) is 5.67. The molecule has 1 rings (SSSR count). The highest BCUT2D eigenvalue weighted by molar-refractivity contribution is 7.11. The van der Waals surface area contributed by atoms with Crippen LogP contribution in [0.1, 0.15) is 22.4 Å². The van der Waals surface area contributed by atoms with Crippen molar-refractivity contribution in [2.24, 2.45) is 5.11 Å². The summed E-state index contributed by atoms with van der Waals surface area (Å²) in [5.41, 5.74) is 8.04. The Balaban J connectivity index is 2.52. The lowest BCUT2D eigenvalue weighted by molar-refractivity contribution is 0.0149. The summed E-state index contributed by atoms with van der Waals surface area (Å²) >= 11 is 1.34. The van der Waals surface area contributed by atoms with Crippen LogP contribution in [0.2, 0.25) is 0 Å². The van der Waals surface area contributed by atoms with E-state index in [-0.39, 0.29) is 13.0 Å². The summed E-state index contributed by atoms with van der Waals surface area (Å²) in [6.45, 7) is 2.04. The number of hydrogen-bond donors (Lipinski definition) is 2. The standard InChI is InChI=1S/C8H12N4O2S/c1-5-4-10-8(15-5)7(14)6(13)2-3-11-12-9/h4,6-7,13-14H,2-3H2,1H3. The molecule has 1 aromatic heterocycles. The van der Waals surface area contributed by atoms with E-state index >= 15 is 0 Å². The molecule has 0 aliphatic carbocycles. The predicted molar refractivity (Wildman–Crippen MR) is 56.4 cm³/mol. The highest BCUT2D eigenvalue weighted by atomic mass is 32.1. The molecule has 0 fully saturated rings. The quantitative estimate of drug-likeness (QED) is 0.454. The molecule has 1 heterocycles. The Kier molecular flexibility index (Phi) is 4.51. The van der Waals surface area contributed by atoms with Gasteiger partial charge in [0.25, 0.3) is 0 Å².